The molecule has 160 valence electrons. The number of alkyl halides is 3. The Morgan fingerprint density at radius 1 is 1.00 bits per heavy atom. The topological polar surface area (TPSA) is 61.9 Å². The lowest BCUT2D eigenvalue weighted by Crippen LogP contribution is -2.50. The smallest absolute Gasteiger partial charge is 0.406 e. The maximum absolute atomic E-state index is 13.2. The maximum Gasteiger partial charge on any atom is 0.573 e. The molecule has 0 aliphatic carbocycles. The highest BCUT2D eigenvalue weighted by atomic mass is 19.4. The molecule has 1 N–H and O–H groups in total. The molecule has 10 heteroatoms. The monoisotopic (exact) mass is 425 g/mol. The molecule has 2 aromatic carbocycles. The lowest BCUT2D eigenvalue weighted by Gasteiger charge is -2.34. The molecule has 1 aliphatic rings. The summed E-state index contributed by atoms with van der Waals surface area (Å²) in [6.07, 6.45) is -4.79. The normalized spacial score (nSPS) is 15.0. The second-order valence-corrected chi connectivity index (χ2v) is 6.70. The van der Waals surface area contributed by atoms with Gasteiger partial charge in [-0.25, -0.2) is 4.39 Å². The number of anilines is 1. The van der Waals surface area contributed by atoms with Crippen LogP contribution in [0.1, 0.15) is 10.4 Å². The van der Waals surface area contributed by atoms with Gasteiger partial charge in [-0.3, -0.25) is 14.5 Å². The highest BCUT2D eigenvalue weighted by Crippen LogP contribution is 2.23. The number of halogens is 4. The predicted molar refractivity (Wildman–Crippen MR) is 100 cm³/mol. The van der Waals surface area contributed by atoms with Crippen molar-refractivity contribution in [3.8, 4) is 5.75 Å². The van der Waals surface area contributed by atoms with Crippen molar-refractivity contribution in [1.29, 1.82) is 0 Å². The first kappa shape index (κ1) is 21.6. The standard InChI is InChI=1S/C20H19F4N3O3/c21-15-2-1-3-16(12-15)25-18(28)13-26-8-10-27(11-9-26)19(29)14-4-6-17(7-5-14)30-20(22,23)24/h1-7,12H,8-11,13H2,(H,25,28). The summed E-state index contributed by atoms with van der Waals surface area (Å²) in [5.41, 5.74) is 0.619. The number of hydrogen-bond acceptors (Lipinski definition) is 4. The zero-order valence-corrected chi connectivity index (χ0v) is 15.8. The Hall–Kier alpha value is -3.14. The number of piperazine rings is 1. The summed E-state index contributed by atoms with van der Waals surface area (Å²) >= 11 is 0. The van der Waals surface area contributed by atoms with Gasteiger partial charge in [0.1, 0.15) is 11.6 Å². The van der Waals surface area contributed by atoms with E-state index >= 15 is 0 Å². The van der Waals surface area contributed by atoms with Crippen LogP contribution in [0.5, 0.6) is 5.75 Å². The largest absolute Gasteiger partial charge is 0.573 e. The van der Waals surface area contributed by atoms with Gasteiger partial charge in [-0.05, 0) is 42.5 Å². The predicted octanol–water partition coefficient (Wildman–Crippen LogP) is 3.12. The highest BCUT2D eigenvalue weighted by Gasteiger charge is 2.31. The number of amides is 2. The maximum atomic E-state index is 13.2. The molecular weight excluding hydrogens is 406 g/mol. The van der Waals surface area contributed by atoms with Crippen LogP contribution >= 0.6 is 0 Å². The fourth-order valence-electron chi connectivity index (χ4n) is 3.06. The Labute approximate surface area is 170 Å². The van der Waals surface area contributed by atoms with Crippen LogP contribution in [0.4, 0.5) is 23.2 Å². The highest BCUT2D eigenvalue weighted by molar-refractivity contribution is 5.94. The summed E-state index contributed by atoms with van der Waals surface area (Å²) < 4.78 is 53.6. The molecule has 0 radical (unpaired) electrons. The molecule has 0 atom stereocenters. The number of nitrogens with zero attached hydrogens (tertiary/aromatic N) is 2. The lowest BCUT2D eigenvalue weighted by molar-refractivity contribution is -0.274. The molecule has 0 spiro atoms. The SMILES string of the molecule is O=C(CN1CCN(C(=O)c2ccc(OC(F)(F)F)cc2)CC1)Nc1cccc(F)c1. The van der Waals surface area contributed by atoms with Crippen molar-refractivity contribution < 1.29 is 31.9 Å². The van der Waals surface area contributed by atoms with Gasteiger partial charge >= 0.3 is 6.36 Å². The van der Waals surface area contributed by atoms with Gasteiger partial charge in [0.2, 0.25) is 5.91 Å². The van der Waals surface area contributed by atoms with E-state index < -0.39 is 17.9 Å². The minimum atomic E-state index is -4.79. The van der Waals surface area contributed by atoms with Gasteiger partial charge < -0.3 is 15.0 Å². The van der Waals surface area contributed by atoms with Crippen LogP contribution in [0.3, 0.4) is 0 Å². The van der Waals surface area contributed by atoms with E-state index in [1.807, 2.05) is 4.90 Å². The second kappa shape index (κ2) is 9.12. The summed E-state index contributed by atoms with van der Waals surface area (Å²) in [5, 5.41) is 2.62. The number of nitrogens with one attached hydrogen (secondary N) is 1. The number of rotatable bonds is 5. The zero-order valence-electron chi connectivity index (χ0n) is 15.8. The van der Waals surface area contributed by atoms with Crippen molar-refractivity contribution in [2.75, 3.05) is 38.0 Å². The number of carbonyl (C=O) groups is 2. The van der Waals surface area contributed by atoms with E-state index in [1.54, 1.807) is 11.0 Å². The molecule has 0 unspecified atom stereocenters. The summed E-state index contributed by atoms with van der Waals surface area (Å²) in [6.45, 7) is 1.75. The van der Waals surface area contributed by atoms with Crippen molar-refractivity contribution in [3.05, 3.63) is 59.9 Å². The van der Waals surface area contributed by atoms with Crippen molar-refractivity contribution in [3.63, 3.8) is 0 Å². The van der Waals surface area contributed by atoms with Crippen LogP contribution in [-0.2, 0) is 4.79 Å². The van der Waals surface area contributed by atoms with Crippen LogP contribution in [0, 0.1) is 5.82 Å². The molecule has 6 nitrogen and oxygen atoms in total. The average molecular weight is 425 g/mol. The van der Waals surface area contributed by atoms with Gasteiger partial charge in [0, 0.05) is 37.4 Å². The average Bonchev–Trinajstić information content (AvgIpc) is 2.67. The molecule has 1 saturated heterocycles. The minimum absolute atomic E-state index is 0.0992. The molecule has 0 bridgehead atoms. The Bertz CT molecular complexity index is 895. The van der Waals surface area contributed by atoms with Crippen molar-refractivity contribution in [2.45, 2.75) is 6.36 Å². The van der Waals surface area contributed by atoms with E-state index in [9.17, 15) is 27.2 Å². The van der Waals surface area contributed by atoms with Crippen molar-refractivity contribution in [1.82, 2.24) is 9.80 Å². The third-order valence-electron chi connectivity index (χ3n) is 4.47. The van der Waals surface area contributed by atoms with E-state index in [0.717, 1.165) is 12.1 Å². The van der Waals surface area contributed by atoms with Crippen LogP contribution < -0.4 is 10.1 Å². The van der Waals surface area contributed by atoms with Crippen LogP contribution in [-0.4, -0.2) is 60.7 Å². The van der Waals surface area contributed by atoms with Gasteiger partial charge in [-0.2, -0.15) is 0 Å². The zero-order chi connectivity index (χ0) is 21.7. The minimum Gasteiger partial charge on any atom is -0.406 e. The molecule has 0 aromatic heterocycles. The Kier molecular flexibility index (Phi) is 6.56. The first-order chi connectivity index (χ1) is 14.2. The molecule has 1 heterocycles. The third kappa shape index (κ3) is 6.18. The van der Waals surface area contributed by atoms with E-state index in [2.05, 4.69) is 10.1 Å². The first-order valence-electron chi connectivity index (χ1n) is 9.12. The van der Waals surface area contributed by atoms with E-state index in [-0.39, 0.29) is 23.9 Å². The quantitative estimate of drug-likeness (QED) is 0.748. The summed E-state index contributed by atoms with van der Waals surface area (Å²) in [7, 11) is 0. The fourth-order valence-corrected chi connectivity index (χ4v) is 3.06. The molecule has 1 fully saturated rings. The molecule has 2 amide bonds. The Morgan fingerprint density at radius 2 is 1.67 bits per heavy atom. The van der Waals surface area contributed by atoms with Crippen molar-refractivity contribution in [2.24, 2.45) is 0 Å². The van der Waals surface area contributed by atoms with Crippen molar-refractivity contribution >= 4 is 17.5 Å². The van der Waals surface area contributed by atoms with Gasteiger partial charge in [0.15, 0.2) is 0 Å². The number of ether oxygens (including phenoxy) is 1. The molecular formula is C20H19F4N3O3. The lowest BCUT2D eigenvalue weighted by atomic mass is 10.1. The Balaban J connectivity index is 1.47. The van der Waals surface area contributed by atoms with Gasteiger partial charge in [0.05, 0.1) is 6.54 Å². The molecule has 3 rings (SSSR count). The second-order valence-electron chi connectivity index (χ2n) is 6.70. The number of benzene rings is 2. The summed E-state index contributed by atoms with van der Waals surface area (Å²) in [6, 6.07) is 10.3. The molecule has 1 aliphatic heterocycles. The van der Waals surface area contributed by atoms with Gasteiger partial charge in [-0.1, -0.05) is 6.07 Å². The van der Waals surface area contributed by atoms with E-state index in [0.29, 0.717) is 31.9 Å². The van der Waals surface area contributed by atoms with Crippen LogP contribution in [0.15, 0.2) is 48.5 Å². The van der Waals surface area contributed by atoms with E-state index in [1.165, 1.54) is 30.3 Å². The van der Waals surface area contributed by atoms with E-state index in [4.69, 9.17) is 0 Å². The summed E-state index contributed by atoms with van der Waals surface area (Å²) in [4.78, 5) is 28.1. The van der Waals surface area contributed by atoms with Gasteiger partial charge in [-0.15, -0.1) is 13.2 Å². The van der Waals surface area contributed by atoms with Crippen LogP contribution in [0.25, 0.3) is 0 Å². The van der Waals surface area contributed by atoms with Gasteiger partial charge in [0.25, 0.3) is 5.91 Å². The third-order valence-corrected chi connectivity index (χ3v) is 4.47. The molecule has 2 aromatic rings. The molecule has 30 heavy (non-hydrogen) atoms. The summed E-state index contributed by atoms with van der Waals surface area (Å²) in [5.74, 6) is -1.44. The fraction of sp³-hybridized carbons (Fsp3) is 0.300. The number of carbonyl (C=O) groups excluding carboxylic acids is 2. The Morgan fingerprint density at radius 3 is 2.27 bits per heavy atom. The first-order valence-corrected chi connectivity index (χ1v) is 9.12. The number of hydrogen-bond donors (Lipinski definition) is 1. The van der Waals surface area contributed by atoms with Crippen LogP contribution in [0.2, 0.25) is 0 Å². The molecule has 0 saturated carbocycles.